The molecule has 1 aliphatic heterocycles. The first kappa shape index (κ1) is 19.5. The maximum Gasteiger partial charge on any atom is 0.266 e. The van der Waals surface area contributed by atoms with Gasteiger partial charge >= 0.3 is 0 Å². The molecule has 0 unspecified atom stereocenters. The Morgan fingerprint density at radius 2 is 1.72 bits per heavy atom. The molecule has 0 bridgehead atoms. The van der Waals surface area contributed by atoms with E-state index in [-0.39, 0.29) is 5.56 Å². The molecular formula is C19H27N9O. The highest BCUT2D eigenvalue weighted by molar-refractivity contribution is 5.23. The second-order valence-corrected chi connectivity index (χ2v) is 7.53. The smallest absolute Gasteiger partial charge is 0.266 e. The van der Waals surface area contributed by atoms with E-state index in [4.69, 9.17) is 0 Å². The van der Waals surface area contributed by atoms with Gasteiger partial charge in [0.25, 0.3) is 5.56 Å². The van der Waals surface area contributed by atoms with Gasteiger partial charge in [-0.05, 0) is 26.0 Å². The third-order valence-electron chi connectivity index (χ3n) is 5.20. The quantitative estimate of drug-likeness (QED) is 0.578. The second kappa shape index (κ2) is 8.26. The van der Waals surface area contributed by atoms with Crippen LogP contribution in [0.25, 0.3) is 5.82 Å². The summed E-state index contributed by atoms with van der Waals surface area (Å²) in [6.07, 6.45) is 1.82. The van der Waals surface area contributed by atoms with Crippen molar-refractivity contribution in [3.05, 3.63) is 51.8 Å². The summed E-state index contributed by atoms with van der Waals surface area (Å²) in [5, 5.41) is 17.5. The van der Waals surface area contributed by atoms with Crippen LogP contribution >= 0.6 is 0 Å². The van der Waals surface area contributed by atoms with Crippen molar-refractivity contribution >= 4 is 0 Å². The molecule has 1 saturated heterocycles. The van der Waals surface area contributed by atoms with E-state index in [0.29, 0.717) is 12.4 Å². The van der Waals surface area contributed by atoms with Gasteiger partial charge in [-0.1, -0.05) is 0 Å². The van der Waals surface area contributed by atoms with E-state index in [1.165, 1.54) is 4.68 Å². The highest BCUT2D eigenvalue weighted by atomic mass is 16.1. The van der Waals surface area contributed by atoms with Crippen molar-refractivity contribution in [3.8, 4) is 5.82 Å². The molecule has 3 aromatic heterocycles. The zero-order valence-electron chi connectivity index (χ0n) is 17.2. The Morgan fingerprint density at radius 3 is 2.38 bits per heavy atom. The molecule has 4 rings (SSSR count). The molecule has 0 N–H and O–H groups in total. The topological polar surface area (TPSA) is 89.9 Å². The van der Waals surface area contributed by atoms with Crippen molar-refractivity contribution in [2.45, 2.75) is 26.9 Å². The maximum atomic E-state index is 12.3. The van der Waals surface area contributed by atoms with Gasteiger partial charge in [0, 0.05) is 58.1 Å². The van der Waals surface area contributed by atoms with Gasteiger partial charge < -0.3 is 0 Å². The summed E-state index contributed by atoms with van der Waals surface area (Å²) in [4.78, 5) is 18.6. The molecular weight excluding hydrogens is 370 g/mol. The van der Waals surface area contributed by atoms with E-state index >= 15 is 0 Å². The fraction of sp³-hybridized carbons (Fsp3) is 0.526. The van der Waals surface area contributed by atoms with Crippen LogP contribution in [0.1, 0.15) is 17.1 Å². The third kappa shape index (κ3) is 4.60. The van der Waals surface area contributed by atoms with Gasteiger partial charge in [0.1, 0.15) is 0 Å². The minimum Gasteiger partial charge on any atom is -0.299 e. The summed E-state index contributed by atoms with van der Waals surface area (Å²) < 4.78 is 3.31. The monoisotopic (exact) mass is 397 g/mol. The van der Waals surface area contributed by atoms with Gasteiger partial charge in [-0.25, -0.2) is 9.36 Å². The van der Waals surface area contributed by atoms with Crippen LogP contribution in [0.4, 0.5) is 0 Å². The molecule has 1 aliphatic rings. The Bertz CT molecular complexity index is 1030. The van der Waals surface area contributed by atoms with Crippen molar-refractivity contribution < 1.29 is 0 Å². The Labute approximate surface area is 169 Å². The number of hydrogen-bond acceptors (Lipinski definition) is 7. The molecule has 10 nitrogen and oxygen atoms in total. The first-order chi connectivity index (χ1) is 14.0. The Hall–Kier alpha value is -2.85. The van der Waals surface area contributed by atoms with Crippen molar-refractivity contribution in [3.63, 3.8) is 0 Å². The van der Waals surface area contributed by atoms with Gasteiger partial charge in [0.15, 0.2) is 5.82 Å². The van der Waals surface area contributed by atoms with Crippen LogP contribution in [0, 0.1) is 13.8 Å². The summed E-state index contributed by atoms with van der Waals surface area (Å²) in [5.41, 5.74) is 2.84. The summed E-state index contributed by atoms with van der Waals surface area (Å²) in [7, 11) is 1.83. The highest BCUT2D eigenvalue weighted by Gasteiger charge is 2.18. The van der Waals surface area contributed by atoms with Crippen LogP contribution in [0.3, 0.4) is 0 Å². The molecule has 0 atom stereocenters. The number of piperazine rings is 1. The standard InChI is InChI=1S/C19H27N9O/c1-15-12-16(2)28(21-15)18-4-5-19(29)27(23-18)11-10-25-6-8-26(9-7-25)14-17-13-20-24(3)22-17/h4-5,12-13H,6-11,14H2,1-3H3. The molecule has 1 fully saturated rings. The van der Waals surface area contributed by atoms with Crippen molar-refractivity contribution in [2.75, 3.05) is 32.7 Å². The lowest BCUT2D eigenvalue weighted by Gasteiger charge is -2.34. The first-order valence-corrected chi connectivity index (χ1v) is 9.90. The summed E-state index contributed by atoms with van der Waals surface area (Å²) >= 11 is 0. The van der Waals surface area contributed by atoms with Gasteiger partial charge in [-0.3, -0.25) is 14.6 Å². The number of aromatic nitrogens is 7. The average molecular weight is 397 g/mol. The molecule has 0 radical (unpaired) electrons. The predicted molar refractivity (Wildman–Crippen MR) is 108 cm³/mol. The van der Waals surface area contributed by atoms with Gasteiger partial charge in [0.2, 0.25) is 0 Å². The summed E-state index contributed by atoms with van der Waals surface area (Å²) in [5.74, 6) is 0.670. The summed E-state index contributed by atoms with van der Waals surface area (Å²) in [6.45, 7) is 10.0. The van der Waals surface area contributed by atoms with Gasteiger partial charge in [-0.2, -0.15) is 20.1 Å². The van der Waals surface area contributed by atoms with Crippen molar-refractivity contribution in [2.24, 2.45) is 7.05 Å². The lowest BCUT2D eigenvalue weighted by molar-refractivity contribution is 0.121. The van der Waals surface area contributed by atoms with Crippen LogP contribution in [-0.2, 0) is 20.1 Å². The van der Waals surface area contributed by atoms with E-state index in [1.807, 2.05) is 33.2 Å². The molecule has 29 heavy (non-hydrogen) atoms. The van der Waals surface area contributed by atoms with E-state index in [9.17, 15) is 4.79 Å². The van der Waals surface area contributed by atoms with E-state index in [0.717, 1.165) is 56.4 Å². The molecule has 0 aromatic carbocycles. The van der Waals surface area contributed by atoms with E-state index < -0.39 is 0 Å². The molecule has 0 amide bonds. The number of rotatable bonds is 6. The normalized spacial score (nSPS) is 15.8. The Kier molecular flexibility index (Phi) is 5.54. The molecule has 0 aliphatic carbocycles. The lowest BCUT2D eigenvalue weighted by Crippen LogP contribution is -2.47. The zero-order chi connectivity index (χ0) is 20.4. The molecule has 0 saturated carbocycles. The number of aryl methyl sites for hydroxylation is 3. The Morgan fingerprint density at radius 1 is 0.966 bits per heavy atom. The maximum absolute atomic E-state index is 12.3. The van der Waals surface area contributed by atoms with Crippen LogP contribution in [-0.4, -0.2) is 77.1 Å². The average Bonchev–Trinajstić information content (AvgIpc) is 3.26. The molecule has 10 heteroatoms. The van der Waals surface area contributed by atoms with Crippen LogP contribution in [0.2, 0.25) is 0 Å². The summed E-state index contributed by atoms with van der Waals surface area (Å²) in [6, 6.07) is 5.29. The fourth-order valence-corrected chi connectivity index (χ4v) is 3.67. The van der Waals surface area contributed by atoms with E-state index in [1.54, 1.807) is 21.6 Å². The number of hydrogen-bond donors (Lipinski definition) is 0. The van der Waals surface area contributed by atoms with Gasteiger partial charge in [-0.15, -0.1) is 5.10 Å². The second-order valence-electron chi connectivity index (χ2n) is 7.53. The molecule has 0 spiro atoms. The predicted octanol–water partition coefficient (Wildman–Crippen LogP) is -0.00786. The van der Waals surface area contributed by atoms with Gasteiger partial charge in [0.05, 0.1) is 24.1 Å². The minimum absolute atomic E-state index is 0.0865. The Balaban J connectivity index is 1.33. The van der Waals surface area contributed by atoms with Crippen molar-refractivity contribution in [1.82, 2.24) is 44.4 Å². The van der Waals surface area contributed by atoms with E-state index in [2.05, 4.69) is 30.2 Å². The highest BCUT2D eigenvalue weighted by Crippen LogP contribution is 2.09. The molecule has 3 aromatic rings. The van der Waals surface area contributed by atoms with Crippen LogP contribution in [0.5, 0.6) is 0 Å². The minimum atomic E-state index is -0.0865. The van der Waals surface area contributed by atoms with Crippen LogP contribution in [0.15, 0.2) is 29.2 Å². The zero-order valence-corrected chi connectivity index (χ0v) is 17.2. The SMILES string of the molecule is Cc1cc(C)n(-c2ccc(=O)n(CCN3CCN(Cc4cnn(C)n4)CC3)n2)n1. The fourth-order valence-electron chi connectivity index (χ4n) is 3.67. The first-order valence-electron chi connectivity index (χ1n) is 9.90. The van der Waals surface area contributed by atoms with Crippen molar-refractivity contribution in [1.29, 1.82) is 0 Å². The lowest BCUT2D eigenvalue weighted by atomic mass is 10.3. The number of nitrogens with zero attached hydrogens (tertiary/aromatic N) is 9. The van der Waals surface area contributed by atoms with Crippen LogP contribution < -0.4 is 5.56 Å². The molecule has 4 heterocycles. The largest absolute Gasteiger partial charge is 0.299 e. The molecule has 154 valence electrons. The third-order valence-corrected chi connectivity index (χ3v) is 5.20.